The Bertz CT molecular complexity index is 465. The highest BCUT2D eigenvalue weighted by molar-refractivity contribution is 5.82. The van der Waals surface area contributed by atoms with Crippen molar-refractivity contribution in [3.05, 3.63) is 35.6 Å². The number of carbonyl (C=O) groups is 1. The normalized spacial score (nSPS) is 16.9. The minimum absolute atomic E-state index is 0.115. The highest BCUT2D eigenvalue weighted by Crippen LogP contribution is 2.26. The molecule has 1 heterocycles. The molecule has 0 saturated carbocycles. The number of nitrogens with zero attached hydrogens (tertiary/aromatic N) is 1. The van der Waals surface area contributed by atoms with E-state index in [1.54, 1.807) is 12.1 Å². The highest BCUT2D eigenvalue weighted by Gasteiger charge is 2.33. The van der Waals surface area contributed by atoms with Crippen molar-refractivity contribution in [3.63, 3.8) is 0 Å². The second-order valence-electron chi connectivity index (χ2n) is 6.05. The summed E-state index contributed by atoms with van der Waals surface area (Å²) in [5, 5.41) is 3.29. The molecule has 0 radical (unpaired) electrons. The highest BCUT2D eigenvalue weighted by atomic mass is 19.1. The van der Waals surface area contributed by atoms with E-state index in [-0.39, 0.29) is 11.7 Å². The van der Waals surface area contributed by atoms with Gasteiger partial charge in [-0.3, -0.25) is 4.79 Å². The Kier molecular flexibility index (Phi) is 4.76. The van der Waals surface area contributed by atoms with E-state index in [2.05, 4.69) is 5.32 Å². The average Bonchev–Trinajstić information content (AvgIpc) is 2.69. The molecule has 1 saturated heterocycles. The SMILES string of the molecule is CC(C)(Cc1ccccc1F)C(=O)N1CCCNCC1. The summed E-state index contributed by atoms with van der Waals surface area (Å²) in [4.78, 5) is 14.6. The fourth-order valence-corrected chi connectivity index (χ4v) is 2.67. The summed E-state index contributed by atoms with van der Waals surface area (Å²) < 4.78 is 13.8. The molecule has 0 aliphatic carbocycles. The maximum absolute atomic E-state index is 13.8. The van der Waals surface area contributed by atoms with Gasteiger partial charge >= 0.3 is 0 Å². The predicted molar refractivity (Wildman–Crippen MR) is 78.0 cm³/mol. The molecule has 1 aromatic carbocycles. The summed E-state index contributed by atoms with van der Waals surface area (Å²) in [6.07, 6.45) is 1.41. The molecule has 110 valence electrons. The van der Waals surface area contributed by atoms with Crippen LogP contribution in [0.5, 0.6) is 0 Å². The van der Waals surface area contributed by atoms with E-state index in [0.29, 0.717) is 12.0 Å². The fraction of sp³-hybridized carbons (Fsp3) is 0.562. The maximum Gasteiger partial charge on any atom is 0.228 e. The molecule has 0 atom stereocenters. The third kappa shape index (κ3) is 3.57. The first kappa shape index (κ1) is 15.0. The van der Waals surface area contributed by atoms with Crippen molar-refractivity contribution >= 4 is 5.91 Å². The van der Waals surface area contributed by atoms with Crippen LogP contribution in [0.2, 0.25) is 0 Å². The lowest BCUT2D eigenvalue weighted by Gasteiger charge is -2.31. The van der Waals surface area contributed by atoms with E-state index in [1.165, 1.54) is 6.07 Å². The molecule has 1 fully saturated rings. The zero-order valence-electron chi connectivity index (χ0n) is 12.3. The van der Waals surface area contributed by atoms with Crippen LogP contribution in [-0.4, -0.2) is 37.0 Å². The first-order valence-corrected chi connectivity index (χ1v) is 7.24. The van der Waals surface area contributed by atoms with Crippen LogP contribution in [0.4, 0.5) is 4.39 Å². The second-order valence-corrected chi connectivity index (χ2v) is 6.05. The minimum atomic E-state index is -0.577. The number of nitrogens with one attached hydrogen (secondary N) is 1. The van der Waals surface area contributed by atoms with E-state index in [1.807, 2.05) is 24.8 Å². The van der Waals surface area contributed by atoms with Crippen molar-refractivity contribution in [2.75, 3.05) is 26.2 Å². The Morgan fingerprint density at radius 1 is 1.30 bits per heavy atom. The maximum atomic E-state index is 13.8. The van der Waals surface area contributed by atoms with Gasteiger partial charge < -0.3 is 10.2 Å². The van der Waals surface area contributed by atoms with E-state index < -0.39 is 5.41 Å². The van der Waals surface area contributed by atoms with Gasteiger partial charge in [-0.15, -0.1) is 0 Å². The molecule has 0 spiro atoms. The lowest BCUT2D eigenvalue weighted by atomic mass is 9.84. The Morgan fingerprint density at radius 2 is 2.05 bits per heavy atom. The third-order valence-corrected chi connectivity index (χ3v) is 3.80. The Hall–Kier alpha value is -1.42. The lowest BCUT2D eigenvalue weighted by Crippen LogP contribution is -2.43. The van der Waals surface area contributed by atoms with Crippen molar-refractivity contribution in [2.24, 2.45) is 5.41 Å². The Morgan fingerprint density at radius 3 is 2.80 bits per heavy atom. The number of amides is 1. The molecular weight excluding hydrogens is 255 g/mol. The van der Waals surface area contributed by atoms with Gasteiger partial charge in [0.25, 0.3) is 0 Å². The summed E-state index contributed by atoms with van der Waals surface area (Å²) in [5.41, 5.74) is 0.0331. The van der Waals surface area contributed by atoms with Gasteiger partial charge in [-0.05, 0) is 31.0 Å². The molecule has 3 nitrogen and oxygen atoms in total. The first-order chi connectivity index (χ1) is 9.50. The van der Waals surface area contributed by atoms with E-state index in [9.17, 15) is 9.18 Å². The summed E-state index contributed by atoms with van der Waals surface area (Å²) in [6.45, 7) is 7.12. The molecule has 4 heteroatoms. The zero-order valence-corrected chi connectivity index (χ0v) is 12.3. The third-order valence-electron chi connectivity index (χ3n) is 3.80. The van der Waals surface area contributed by atoms with E-state index in [0.717, 1.165) is 32.6 Å². The van der Waals surface area contributed by atoms with Gasteiger partial charge in [-0.1, -0.05) is 32.0 Å². The molecule has 1 amide bonds. The van der Waals surface area contributed by atoms with Crippen LogP contribution in [0.25, 0.3) is 0 Å². The van der Waals surface area contributed by atoms with Crippen LogP contribution in [0.1, 0.15) is 25.8 Å². The largest absolute Gasteiger partial charge is 0.341 e. The van der Waals surface area contributed by atoms with Crippen molar-refractivity contribution in [2.45, 2.75) is 26.7 Å². The first-order valence-electron chi connectivity index (χ1n) is 7.24. The molecule has 20 heavy (non-hydrogen) atoms. The van der Waals surface area contributed by atoms with Crippen molar-refractivity contribution in [1.82, 2.24) is 10.2 Å². The molecule has 0 aromatic heterocycles. The molecule has 1 N–H and O–H groups in total. The van der Waals surface area contributed by atoms with E-state index in [4.69, 9.17) is 0 Å². The van der Waals surface area contributed by atoms with Crippen molar-refractivity contribution < 1.29 is 9.18 Å². The van der Waals surface area contributed by atoms with Crippen LogP contribution in [0.3, 0.4) is 0 Å². The quantitative estimate of drug-likeness (QED) is 0.919. The van der Waals surface area contributed by atoms with Crippen molar-refractivity contribution in [1.29, 1.82) is 0 Å². The van der Waals surface area contributed by atoms with Gasteiger partial charge in [-0.2, -0.15) is 0 Å². The number of hydrogen-bond donors (Lipinski definition) is 1. The number of benzene rings is 1. The Balaban J connectivity index is 2.08. The number of rotatable bonds is 3. The van der Waals surface area contributed by atoms with Crippen molar-refractivity contribution in [3.8, 4) is 0 Å². The summed E-state index contributed by atoms with van der Waals surface area (Å²) in [6, 6.07) is 6.70. The van der Waals surface area contributed by atoms with Crippen LogP contribution in [-0.2, 0) is 11.2 Å². The predicted octanol–water partition coefficient (Wildman–Crippen LogP) is 2.22. The van der Waals surface area contributed by atoms with Crippen LogP contribution in [0, 0.1) is 11.2 Å². The number of carbonyl (C=O) groups excluding carboxylic acids is 1. The molecule has 1 aromatic rings. The lowest BCUT2D eigenvalue weighted by molar-refractivity contribution is -0.140. The van der Waals surface area contributed by atoms with Gasteiger partial charge in [0.1, 0.15) is 5.82 Å². The minimum Gasteiger partial charge on any atom is -0.341 e. The van der Waals surface area contributed by atoms with Crippen LogP contribution < -0.4 is 5.32 Å². The van der Waals surface area contributed by atoms with Gasteiger partial charge in [-0.25, -0.2) is 4.39 Å². The topological polar surface area (TPSA) is 32.3 Å². The molecular formula is C16H23FN2O. The van der Waals surface area contributed by atoms with E-state index >= 15 is 0 Å². The van der Waals surface area contributed by atoms with Gasteiger partial charge in [0.05, 0.1) is 0 Å². The molecule has 1 aliphatic heterocycles. The Labute approximate surface area is 120 Å². The van der Waals surface area contributed by atoms with Gasteiger partial charge in [0.15, 0.2) is 0 Å². The summed E-state index contributed by atoms with van der Waals surface area (Å²) >= 11 is 0. The summed E-state index contributed by atoms with van der Waals surface area (Å²) in [5.74, 6) is -0.115. The van der Waals surface area contributed by atoms with Crippen LogP contribution in [0.15, 0.2) is 24.3 Å². The van der Waals surface area contributed by atoms with Gasteiger partial charge in [0.2, 0.25) is 5.91 Å². The molecule has 2 rings (SSSR count). The monoisotopic (exact) mass is 278 g/mol. The fourth-order valence-electron chi connectivity index (χ4n) is 2.67. The molecule has 0 bridgehead atoms. The average molecular weight is 278 g/mol. The number of halogens is 1. The smallest absolute Gasteiger partial charge is 0.228 e. The van der Waals surface area contributed by atoms with Crippen LogP contribution >= 0.6 is 0 Å². The summed E-state index contributed by atoms with van der Waals surface area (Å²) in [7, 11) is 0. The molecule has 0 unspecified atom stereocenters. The zero-order chi connectivity index (χ0) is 14.6. The second kappa shape index (κ2) is 6.35. The number of hydrogen-bond acceptors (Lipinski definition) is 2. The molecule has 1 aliphatic rings. The standard InChI is InChI=1S/C16H23FN2O/c1-16(2,12-13-6-3-4-7-14(13)17)15(20)19-10-5-8-18-9-11-19/h3-4,6-7,18H,5,8-12H2,1-2H3. The van der Waals surface area contributed by atoms with Gasteiger partial charge in [0, 0.05) is 25.0 Å².